The number of hydrogen-bond acceptors (Lipinski definition) is 2. The van der Waals surface area contributed by atoms with E-state index in [1.165, 1.54) is 0 Å². The van der Waals surface area contributed by atoms with E-state index in [9.17, 15) is 4.79 Å². The van der Waals surface area contributed by atoms with E-state index < -0.39 is 0 Å². The molecular formula is C22H20Cl2N2O. The Balaban J connectivity index is 1.70. The highest BCUT2D eigenvalue weighted by molar-refractivity contribution is 6.36. The molecule has 0 heterocycles. The normalized spacial score (nSPS) is 10.8. The molecular weight excluding hydrogens is 379 g/mol. The smallest absolute Gasteiger partial charge is 0.238 e. The maximum absolute atomic E-state index is 12.6. The molecule has 0 radical (unpaired) electrons. The van der Waals surface area contributed by atoms with E-state index in [2.05, 4.69) is 34.5 Å². The summed E-state index contributed by atoms with van der Waals surface area (Å²) in [6.07, 6.45) is 0. The predicted octanol–water partition coefficient (Wildman–Crippen LogP) is 5.63. The van der Waals surface area contributed by atoms with E-state index in [0.29, 0.717) is 28.8 Å². The van der Waals surface area contributed by atoms with Crippen molar-refractivity contribution in [3.05, 3.63) is 100 Å². The number of halogens is 2. The van der Waals surface area contributed by atoms with Gasteiger partial charge < -0.3 is 5.32 Å². The first kappa shape index (κ1) is 19.4. The summed E-state index contributed by atoms with van der Waals surface area (Å²) in [4.78, 5) is 14.7. The predicted molar refractivity (Wildman–Crippen MR) is 112 cm³/mol. The Morgan fingerprint density at radius 2 is 1.37 bits per heavy atom. The van der Waals surface area contributed by atoms with Gasteiger partial charge in [-0.1, -0.05) is 83.9 Å². The van der Waals surface area contributed by atoms with Crippen LogP contribution in [-0.4, -0.2) is 17.4 Å². The van der Waals surface area contributed by atoms with Crippen molar-refractivity contribution < 1.29 is 4.79 Å². The van der Waals surface area contributed by atoms with E-state index in [0.717, 1.165) is 11.1 Å². The number of nitrogens with one attached hydrogen (secondary N) is 1. The highest BCUT2D eigenvalue weighted by atomic mass is 35.5. The van der Waals surface area contributed by atoms with Gasteiger partial charge in [0.25, 0.3) is 0 Å². The lowest BCUT2D eigenvalue weighted by Gasteiger charge is -2.22. The Morgan fingerprint density at radius 3 is 1.89 bits per heavy atom. The molecule has 3 rings (SSSR count). The molecule has 0 aromatic heterocycles. The van der Waals surface area contributed by atoms with E-state index in [1.807, 2.05) is 36.4 Å². The zero-order valence-electron chi connectivity index (χ0n) is 14.7. The largest absolute Gasteiger partial charge is 0.324 e. The third kappa shape index (κ3) is 6.10. The number of rotatable bonds is 7. The fraction of sp³-hybridized carbons (Fsp3) is 0.136. The van der Waals surface area contributed by atoms with Gasteiger partial charge in [-0.3, -0.25) is 9.69 Å². The first-order valence-electron chi connectivity index (χ1n) is 8.65. The van der Waals surface area contributed by atoms with Gasteiger partial charge in [-0.2, -0.15) is 0 Å². The highest BCUT2D eigenvalue weighted by Gasteiger charge is 2.13. The zero-order valence-corrected chi connectivity index (χ0v) is 16.3. The first-order chi connectivity index (χ1) is 13.1. The molecule has 3 aromatic rings. The van der Waals surface area contributed by atoms with Crippen LogP contribution in [0.3, 0.4) is 0 Å². The molecule has 0 saturated carbocycles. The van der Waals surface area contributed by atoms with Crippen molar-refractivity contribution in [2.75, 3.05) is 11.9 Å². The van der Waals surface area contributed by atoms with Crippen LogP contribution in [0.2, 0.25) is 10.0 Å². The topological polar surface area (TPSA) is 32.3 Å². The molecule has 3 nitrogen and oxygen atoms in total. The summed E-state index contributed by atoms with van der Waals surface area (Å²) in [6, 6.07) is 25.3. The van der Waals surface area contributed by atoms with Crippen LogP contribution in [-0.2, 0) is 17.9 Å². The third-order valence-corrected chi connectivity index (χ3v) is 4.62. The van der Waals surface area contributed by atoms with Gasteiger partial charge in [-0.25, -0.2) is 0 Å². The number of amides is 1. The summed E-state index contributed by atoms with van der Waals surface area (Å²) in [7, 11) is 0. The molecule has 0 aliphatic heterocycles. The van der Waals surface area contributed by atoms with Gasteiger partial charge in [0, 0.05) is 18.1 Å². The molecule has 27 heavy (non-hydrogen) atoms. The van der Waals surface area contributed by atoms with Gasteiger partial charge in [0.1, 0.15) is 0 Å². The summed E-state index contributed by atoms with van der Waals surface area (Å²) >= 11 is 12.1. The molecule has 0 unspecified atom stereocenters. The molecule has 0 spiro atoms. The maximum atomic E-state index is 12.6. The second-order valence-electron chi connectivity index (χ2n) is 6.29. The third-order valence-electron chi connectivity index (χ3n) is 4.07. The second kappa shape index (κ2) is 9.56. The fourth-order valence-corrected chi connectivity index (χ4v) is 3.29. The Hall–Kier alpha value is -2.33. The molecule has 0 saturated heterocycles. The number of nitrogens with zero attached hydrogens (tertiary/aromatic N) is 1. The van der Waals surface area contributed by atoms with Crippen molar-refractivity contribution in [2.45, 2.75) is 13.1 Å². The van der Waals surface area contributed by atoms with Crippen LogP contribution in [0.25, 0.3) is 0 Å². The van der Waals surface area contributed by atoms with Gasteiger partial charge in [0.15, 0.2) is 0 Å². The Morgan fingerprint density at radius 1 is 0.815 bits per heavy atom. The second-order valence-corrected chi connectivity index (χ2v) is 7.13. The van der Waals surface area contributed by atoms with Crippen LogP contribution in [0.1, 0.15) is 11.1 Å². The van der Waals surface area contributed by atoms with Crippen LogP contribution in [0.4, 0.5) is 5.69 Å². The average molecular weight is 399 g/mol. The minimum absolute atomic E-state index is 0.119. The van der Waals surface area contributed by atoms with Crippen molar-refractivity contribution in [1.82, 2.24) is 4.90 Å². The number of anilines is 1. The van der Waals surface area contributed by atoms with E-state index >= 15 is 0 Å². The Bertz CT molecular complexity index is 844. The van der Waals surface area contributed by atoms with Crippen molar-refractivity contribution >= 4 is 34.8 Å². The summed E-state index contributed by atoms with van der Waals surface area (Å²) in [6.45, 7) is 1.61. The average Bonchev–Trinajstić information content (AvgIpc) is 2.66. The van der Waals surface area contributed by atoms with Crippen LogP contribution in [0.5, 0.6) is 0 Å². The molecule has 138 valence electrons. The van der Waals surface area contributed by atoms with Gasteiger partial charge in [0.2, 0.25) is 5.91 Å². The van der Waals surface area contributed by atoms with E-state index in [4.69, 9.17) is 23.2 Å². The van der Waals surface area contributed by atoms with Gasteiger partial charge in [-0.15, -0.1) is 0 Å². The molecule has 1 N–H and O–H groups in total. The molecule has 0 fully saturated rings. The maximum Gasteiger partial charge on any atom is 0.238 e. The molecule has 0 bridgehead atoms. The lowest BCUT2D eigenvalue weighted by Crippen LogP contribution is -2.32. The molecule has 0 aliphatic rings. The SMILES string of the molecule is O=C(CN(Cc1ccccc1)Cc1ccccc1)Nc1ccc(Cl)cc1Cl. The fourth-order valence-electron chi connectivity index (χ4n) is 2.83. The van der Waals surface area contributed by atoms with Gasteiger partial charge in [0.05, 0.1) is 17.3 Å². The van der Waals surface area contributed by atoms with Crippen LogP contribution < -0.4 is 5.32 Å². The summed E-state index contributed by atoms with van der Waals surface area (Å²) in [5.74, 6) is -0.119. The summed E-state index contributed by atoms with van der Waals surface area (Å²) < 4.78 is 0. The molecule has 3 aromatic carbocycles. The molecule has 0 aliphatic carbocycles. The van der Waals surface area contributed by atoms with Crippen LogP contribution in [0, 0.1) is 0 Å². The Kier molecular flexibility index (Phi) is 6.88. The van der Waals surface area contributed by atoms with Crippen LogP contribution >= 0.6 is 23.2 Å². The lowest BCUT2D eigenvalue weighted by molar-refractivity contribution is -0.117. The molecule has 5 heteroatoms. The highest BCUT2D eigenvalue weighted by Crippen LogP contribution is 2.25. The first-order valence-corrected chi connectivity index (χ1v) is 9.41. The van der Waals surface area contributed by atoms with Gasteiger partial charge >= 0.3 is 0 Å². The van der Waals surface area contributed by atoms with Crippen LogP contribution in [0.15, 0.2) is 78.9 Å². The van der Waals surface area contributed by atoms with Crippen molar-refractivity contribution in [3.8, 4) is 0 Å². The summed E-state index contributed by atoms with van der Waals surface area (Å²) in [5, 5.41) is 3.83. The minimum atomic E-state index is -0.119. The van der Waals surface area contributed by atoms with E-state index in [1.54, 1.807) is 18.2 Å². The van der Waals surface area contributed by atoms with Crippen molar-refractivity contribution in [2.24, 2.45) is 0 Å². The molecule has 1 amide bonds. The van der Waals surface area contributed by atoms with Gasteiger partial charge in [-0.05, 0) is 29.3 Å². The number of benzene rings is 3. The standard InChI is InChI=1S/C22H20Cl2N2O/c23-19-11-12-21(20(24)13-19)25-22(27)16-26(14-17-7-3-1-4-8-17)15-18-9-5-2-6-10-18/h1-13H,14-16H2,(H,25,27). The number of hydrogen-bond donors (Lipinski definition) is 1. The van der Waals surface area contributed by atoms with Crippen molar-refractivity contribution in [3.63, 3.8) is 0 Å². The number of carbonyl (C=O) groups is 1. The Labute approximate surface area is 169 Å². The lowest BCUT2D eigenvalue weighted by atomic mass is 10.1. The minimum Gasteiger partial charge on any atom is -0.324 e. The number of carbonyl (C=O) groups excluding carboxylic acids is 1. The van der Waals surface area contributed by atoms with Crippen molar-refractivity contribution in [1.29, 1.82) is 0 Å². The zero-order chi connectivity index (χ0) is 19.1. The quantitative estimate of drug-likeness (QED) is 0.558. The molecule has 0 atom stereocenters. The monoisotopic (exact) mass is 398 g/mol. The van der Waals surface area contributed by atoms with E-state index in [-0.39, 0.29) is 12.5 Å². The summed E-state index contributed by atoms with van der Waals surface area (Å²) in [5.41, 5.74) is 2.88.